The van der Waals surface area contributed by atoms with Crippen LogP contribution in [0.3, 0.4) is 0 Å². The highest BCUT2D eigenvalue weighted by Gasteiger charge is 2.24. The van der Waals surface area contributed by atoms with Crippen LogP contribution in [0.15, 0.2) is 413 Å². The van der Waals surface area contributed by atoms with Crippen molar-refractivity contribution in [2.45, 2.75) is 0 Å². The molecule has 576 valence electrons. The third kappa shape index (κ3) is 12.7. The molecule has 0 aliphatic heterocycles. The molecular weight excluding hydrogens is 1550 g/mol. The first-order valence-corrected chi connectivity index (χ1v) is 43.3. The summed E-state index contributed by atoms with van der Waals surface area (Å²) in [6.07, 6.45) is 0. The molecule has 0 N–H and O–H groups in total. The van der Waals surface area contributed by atoms with E-state index in [0.29, 0.717) is 34.9 Å². The number of hydrogen-bond donors (Lipinski definition) is 0. The minimum absolute atomic E-state index is 0.618. The Kier molecular flexibility index (Phi) is 17.5. The maximum absolute atomic E-state index is 5.58. The maximum atomic E-state index is 5.58. The fourth-order valence-corrected chi connectivity index (χ4v) is 20.7. The lowest BCUT2D eigenvalue weighted by atomic mass is 9.92. The normalized spacial score (nSPS) is 11.7. The highest BCUT2D eigenvalue weighted by Crippen LogP contribution is 2.49. The van der Waals surface area contributed by atoms with Gasteiger partial charge in [-0.15, -0.1) is 22.7 Å². The topological polar surface area (TPSA) is 103 Å². The fourth-order valence-electron chi connectivity index (χ4n) is 18.2. The Morgan fingerprint density at radius 3 is 0.823 bits per heavy atom. The molecule has 0 amide bonds. The van der Waals surface area contributed by atoms with Crippen LogP contribution >= 0.6 is 22.7 Å². The molecule has 0 saturated heterocycles. The summed E-state index contributed by atoms with van der Waals surface area (Å²) in [6, 6.07) is 146. The van der Waals surface area contributed by atoms with Gasteiger partial charge >= 0.3 is 0 Å². The second kappa shape index (κ2) is 30.1. The van der Waals surface area contributed by atoms with Crippen LogP contribution in [0, 0.1) is 0 Å². The monoisotopic (exact) mass is 1610 g/mol. The molecule has 0 unspecified atom stereocenters. The van der Waals surface area contributed by atoms with Gasteiger partial charge in [0.05, 0.1) is 31.8 Å². The van der Waals surface area contributed by atoms with E-state index in [1.165, 1.54) is 111 Å². The van der Waals surface area contributed by atoms with Gasteiger partial charge in [-0.1, -0.05) is 358 Å². The third-order valence-electron chi connectivity index (χ3n) is 24.2. The number of hydrogen-bond acceptors (Lipinski definition) is 10. The van der Waals surface area contributed by atoms with Crippen molar-refractivity contribution in [2.24, 2.45) is 0 Å². The lowest BCUT2D eigenvalue weighted by Gasteiger charge is -2.13. The van der Waals surface area contributed by atoms with Crippen LogP contribution in [0.25, 0.3) is 251 Å². The molecule has 19 aromatic carbocycles. The lowest BCUT2D eigenvalue weighted by molar-refractivity contribution is 1.07. The first-order chi connectivity index (χ1) is 61.4. The van der Waals surface area contributed by atoms with Crippen molar-refractivity contribution >= 4 is 149 Å². The van der Waals surface area contributed by atoms with Crippen molar-refractivity contribution in [2.75, 3.05) is 0 Å². The van der Waals surface area contributed by atoms with Crippen molar-refractivity contribution in [3.63, 3.8) is 0 Å². The van der Waals surface area contributed by atoms with Crippen molar-refractivity contribution in [1.82, 2.24) is 39.9 Å². The fraction of sp³-hybridized carbons (Fsp3) is 0. The molecule has 0 radical (unpaired) electrons. The van der Waals surface area contributed by atoms with Crippen LogP contribution in [0.1, 0.15) is 0 Å². The molecule has 0 fully saturated rings. The maximum Gasteiger partial charge on any atom is 0.164 e. The minimum Gasteiger partial charge on any atom is -0.246 e. The quantitative estimate of drug-likeness (QED) is 0.118. The zero-order chi connectivity index (χ0) is 81.7. The van der Waals surface area contributed by atoms with E-state index < -0.39 is 0 Å². The smallest absolute Gasteiger partial charge is 0.164 e. The molecule has 25 rings (SSSR count). The van der Waals surface area contributed by atoms with Crippen LogP contribution in [0.4, 0.5) is 0 Å². The average molecular weight is 1610 g/mol. The molecule has 0 atom stereocenters. The number of benzene rings is 19. The van der Waals surface area contributed by atoms with Gasteiger partial charge in [-0.2, -0.15) is 0 Å². The number of nitrogens with zero attached hydrogens (tertiary/aromatic N) is 8. The Morgan fingerprint density at radius 2 is 0.395 bits per heavy atom. The molecule has 6 heterocycles. The molecule has 25 aromatic rings. The zero-order valence-corrected chi connectivity index (χ0v) is 68.3. The molecule has 6 aromatic heterocycles. The van der Waals surface area contributed by atoms with E-state index in [9.17, 15) is 0 Å². The van der Waals surface area contributed by atoms with Gasteiger partial charge in [-0.05, 0) is 153 Å². The van der Waals surface area contributed by atoms with Crippen LogP contribution in [-0.2, 0) is 0 Å². The Labute approximate surface area is 720 Å². The van der Waals surface area contributed by atoms with Gasteiger partial charge in [0.15, 0.2) is 34.9 Å². The minimum atomic E-state index is 0.618. The van der Waals surface area contributed by atoms with Crippen LogP contribution in [0.2, 0.25) is 0 Å². The summed E-state index contributed by atoms with van der Waals surface area (Å²) < 4.78 is 4.90. The summed E-state index contributed by atoms with van der Waals surface area (Å²) in [5.74, 6) is 3.80. The lowest BCUT2D eigenvalue weighted by Crippen LogP contribution is -2.00. The number of aromatic nitrogens is 8. The summed E-state index contributed by atoms with van der Waals surface area (Å²) in [5, 5.41) is 22.4. The van der Waals surface area contributed by atoms with E-state index in [-0.39, 0.29) is 0 Å². The highest BCUT2D eigenvalue weighted by atomic mass is 32.1. The van der Waals surface area contributed by atoms with Gasteiger partial charge in [0, 0.05) is 86.2 Å². The van der Waals surface area contributed by atoms with Crippen LogP contribution in [-0.4, -0.2) is 39.9 Å². The van der Waals surface area contributed by atoms with Gasteiger partial charge in [0.1, 0.15) is 0 Å². The highest BCUT2D eigenvalue weighted by molar-refractivity contribution is 7.27. The van der Waals surface area contributed by atoms with E-state index in [4.69, 9.17) is 39.9 Å². The van der Waals surface area contributed by atoms with Gasteiger partial charge in [0.25, 0.3) is 0 Å². The molecule has 8 nitrogen and oxygen atoms in total. The Morgan fingerprint density at radius 1 is 0.137 bits per heavy atom. The molecule has 124 heavy (non-hydrogen) atoms. The predicted molar refractivity (Wildman–Crippen MR) is 521 cm³/mol. The van der Waals surface area contributed by atoms with Crippen molar-refractivity contribution in [3.05, 3.63) is 413 Å². The summed E-state index contributed by atoms with van der Waals surface area (Å²) in [5.41, 5.74) is 18.4. The zero-order valence-electron chi connectivity index (χ0n) is 66.7. The second-order valence-electron chi connectivity index (χ2n) is 31.5. The Balaban J connectivity index is 0.000000140. The van der Waals surface area contributed by atoms with Crippen molar-refractivity contribution < 1.29 is 0 Å². The summed E-state index contributed by atoms with van der Waals surface area (Å²) >= 11 is 3.65. The standard InChI is InChI=1S/C60H36N4S.C54H32N4S/c1-3-14-37(15-4-1)38-26-28-40(29-27-38)59-62-58(39-16-5-2-6-17-39)63-60(64-59)44-19-13-18-41(34-44)42-30-33-50-53(36-42)61-56(57-55(50)51-24-11-12-25-54(51)65-57)43-31-32-49-47-22-8-7-20-45(47)46-21-9-10-23-48(46)52(49)35-43;1-3-14-33(15-4-1)52-56-53(34-16-5-2-6-17-34)58-54(57-52)38-19-13-18-35(30-38)36-27-29-47-46(31-36)49-44-24-11-12-25-48(44)59-51(49)50(55-47)37-26-28-43-41-22-8-7-20-39(41)40-21-9-10-23-42(40)45(43)32-37/h1-36H;1-32H. The summed E-state index contributed by atoms with van der Waals surface area (Å²) in [6.45, 7) is 0. The number of rotatable bonds is 11. The van der Waals surface area contributed by atoms with E-state index in [1.807, 2.05) is 120 Å². The first-order valence-electron chi connectivity index (χ1n) is 41.7. The molecule has 0 saturated carbocycles. The van der Waals surface area contributed by atoms with Crippen LogP contribution < -0.4 is 0 Å². The van der Waals surface area contributed by atoms with Crippen LogP contribution in [0.5, 0.6) is 0 Å². The molecule has 10 heteroatoms. The van der Waals surface area contributed by atoms with E-state index in [1.54, 1.807) is 0 Å². The number of fused-ring (bicyclic) bond motifs is 22. The molecule has 0 spiro atoms. The summed E-state index contributed by atoms with van der Waals surface area (Å²) in [4.78, 5) is 41.2. The second-order valence-corrected chi connectivity index (χ2v) is 33.6. The molecule has 0 bridgehead atoms. The SMILES string of the molecule is c1ccc(-c2ccc(-c3nc(-c4ccccc4)nc(-c4cccc(-c5ccc6c(c5)nc(-c5ccc7c8ccccc8c8ccccc8c7c5)c5sc7ccccc7c56)c4)n3)cc2)cc1.c1ccc(-c2nc(-c3ccccc3)nc(-c3cccc(-c4ccc5nc(-c6ccc7c8ccccc8c8ccccc8c7c6)c6sc7ccccc7c6c5c4)c3)n2)cc1. The first kappa shape index (κ1) is 72.1. The van der Waals surface area contributed by atoms with Gasteiger partial charge in [-0.25, -0.2) is 39.9 Å². The van der Waals surface area contributed by atoms with Gasteiger partial charge < -0.3 is 0 Å². The average Bonchev–Trinajstić information content (AvgIpc) is 1.46. The molecule has 0 aliphatic rings. The summed E-state index contributed by atoms with van der Waals surface area (Å²) in [7, 11) is 0. The number of thiophene rings is 2. The van der Waals surface area contributed by atoms with E-state index >= 15 is 0 Å². The molecule has 0 aliphatic carbocycles. The Bertz CT molecular complexity index is 8480. The van der Waals surface area contributed by atoms with Crippen molar-refractivity contribution in [3.8, 4) is 124 Å². The van der Waals surface area contributed by atoms with Gasteiger partial charge in [0.2, 0.25) is 0 Å². The third-order valence-corrected chi connectivity index (χ3v) is 26.5. The Hall–Kier alpha value is -16.0. The number of pyridine rings is 2. The predicted octanol–water partition coefficient (Wildman–Crippen LogP) is 30.8. The molecular formula is C114H68N8S2. The van der Waals surface area contributed by atoms with Gasteiger partial charge in [-0.3, -0.25) is 0 Å². The van der Waals surface area contributed by atoms with E-state index in [2.05, 4.69) is 315 Å². The van der Waals surface area contributed by atoms with Crippen molar-refractivity contribution in [1.29, 1.82) is 0 Å². The van der Waals surface area contributed by atoms with E-state index in [0.717, 1.165) is 106 Å². The largest absolute Gasteiger partial charge is 0.246 e.